The summed E-state index contributed by atoms with van der Waals surface area (Å²) in [6.45, 7) is 1.96. The second kappa shape index (κ2) is 8.43. The van der Waals surface area contributed by atoms with Gasteiger partial charge in [-0.25, -0.2) is 4.79 Å². The molecule has 0 saturated carbocycles. The van der Waals surface area contributed by atoms with Gasteiger partial charge in [-0.15, -0.1) is 11.8 Å². The zero-order chi connectivity index (χ0) is 18.5. The van der Waals surface area contributed by atoms with Crippen LogP contribution in [0.25, 0.3) is 11.0 Å². The number of thioether (sulfide) groups is 1. The number of fused-ring (bicyclic) bond motifs is 1. The van der Waals surface area contributed by atoms with Crippen molar-refractivity contribution in [1.82, 2.24) is 0 Å². The maximum atomic E-state index is 12.0. The number of rotatable bonds is 6. The van der Waals surface area contributed by atoms with Gasteiger partial charge < -0.3 is 9.15 Å². The van der Waals surface area contributed by atoms with E-state index in [1.54, 1.807) is 6.07 Å². The molecule has 0 aliphatic carbocycles. The molecule has 0 amide bonds. The Morgan fingerprint density at radius 3 is 2.81 bits per heavy atom. The molecule has 0 saturated heterocycles. The Kier molecular flexibility index (Phi) is 6.01. The third-order valence-electron chi connectivity index (χ3n) is 3.77. The Morgan fingerprint density at radius 1 is 1.19 bits per heavy atom. The lowest BCUT2D eigenvalue weighted by Crippen LogP contribution is -2.08. The third-order valence-corrected chi connectivity index (χ3v) is 5.29. The first-order valence-corrected chi connectivity index (χ1v) is 9.45. The predicted molar refractivity (Wildman–Crippen MR) is 104 cm³/mol. The maximum Gasteiger partial charge on any atom is 0.336 e. The number of esters is 1. The number of hydrogen-bond acceptors (Lipinski definition) is 5. The number of carbonyl (C=O) groups is 1. The number of halogens is 1. The van der Waals surface area contributed by atoms with Crippen molar-refractivity contribution in [3.63, 3.8) is 0 Å². The fraction of sp³-hybridized carbons (Fsp3) is 0.200. The van der Waals surface area contributed by atoms with E-state index in [1.165, 1.54) is 17.8 Å². The second-order valence-electron chi connectivity index (χ2n) is 5.78. The molecule has 0 bridgehead atoms. The lowest BCUT2D eigenvalue weighted by atomic mass is 10.1. The molecule has 1 aromatic heterocycles. The average molecular weight is 389 g/mol. The first kappa shape index (κ1) is 18.5. The average Bonchev–Trinajstić information content (AvgIpc) is 2.60. The van der Waals surface area contributed by atoms with Crippen molar-refractivity contribution in [2.24, 2.45) is 0 Å². The minimum absolute atomic E-state index is 0.0424. The fourth-order valence-corrected chi connectivity index (χ4v) is 3.66. The Balaban J connectivity index is 1.59. The van der Waals surface area contributed by atoms with Crippen LogP contribution in [0.1, 0.15) is 17.5 Å². The fourth-order valence-electron chi connectivity index (χ4n) is 2.49. The molecule has 0 aliphatic heterocycles. The van der Waals surface area contributed by atoms with Crippen LogP contribution in [-0.2, 0) is 16.1 Å². The van der Waals surface area contributed by atoms with E-state index < -0.39 is 5.63 Å². The third kappa shape index (κ3) is 4.68. The molecule has 4 nitrogen and oxygen atoms in total. The van der Waals surface area contributed by atoms with Gasteiger partial charge in [0.1, 0.15) is 12.2 Å². The summed E-state index contributed by atoms with van der Waals surface area (Å²) in [6, 6.07) is 14.4. The lowest BCUT2D eigenvalue weighted by Gasteiger charge is -2.08. The molecule has 2 aromatic carbocycles. The predicted octanol–water partition coefficient (Wildman–Crippen LogP) is 4.98. The zero-order valence-electron chi connectivity index (χ0n) is 14.2. The van der Waals surface area contributed by atoms with Crippen LogP contribution in [0.5, 0.6) is 0 Å². The molecule has 0 fully saturated rings. The summed E-state index contributed by atoms with van der Waals surface area (Å²) in [5, 5.41) is 1.44. The summed E-state index contributed by atoms with van der Waals surface area (Å²) in [6.07, 6.45) is 0.258. The zero-order valence-corrected chi connectivity index (χ0v) is 15.7. The van der Waals surface area contributed by atoms with Crippen LogP contribution >= 0.6 is 23.4 Å². The highest BCUT2D eigenvalue weighted by molar-refractivity contribution is 7.99. The Morgan fingerprint density at radius 2 is 2.00 bits per heavy atom. The standard InChI is InChI=1S/C20H17ClO4S/c1-13-6-7-15-14(11-20(23)25-17(15)10-13)12-24-19(22)8-9-26-18-5-3-2-4-16(18)21/h2-7,10-11H,8-9,12H2,1H3. The molecule has 26 heavy (non-hydrogen) atoms. The van der Waals surface area contributed by atoms with Gasteiger partial charge in [0.2, 0.25) is 0 Å². The van der Waals surface area contributed by atoms with Gasteiger partial charge in [0.15, 0.2) is 0 Å². The van der Waals surface area contributed by atoms with Gasteiger partial charge >= 0.3 is 11.6 Å². The Labute approximate surface area is 160 Å². The van der Waals surface area contributed by atoms with E-state index in [0.717, 1.165) is 15.8 Å². The van der Waals surface area contributed by atoms with Crippen molar-refractivity contribution in [2.45, 2.75) is 24.8 Å². The molecule has 6 heteroatoms. The van der Waals surface area contributed by atoms with Crippen molar-refractivity contribution >= 4 is 40.3 Å². The van der Waals surface area contributed by atoms with Crippen LogP contribution in [-0.4, -0.2) is 11.7 Å². The van der Waals surface area contributed by atoms with Crippen LogP contribution < -0.4 is 5.63 Å². The van der Waals surface area contributed by atoms with Gasteiger partial charge in [-0.2, -0.15) is 0 Å². The van der Waals surface area contributed by atoms with E-state index in [1.807, 2.05) is 43.3 Å². The summed E-state index contributed by atoms with van der Waals surface area (Å²) < 4.78 is 10.5. The molecule has 0 radical (unpaired) electrons. The minimum atomic E-state index is -0.455. The number of hydrogen-bond donors (Lipinski definition) is 0. The summed E-state index contributed by atoms with van der Waals surface area (Å²) in [5.41, 5.74) is 1.68. The Hall–Kier alpha value is -2.24. The molecule has 0 unspecified atom stereocenters. The van der Waals surface area contributed by atoms with Crippen molar-refractivity contribution in [3.05, 3.63) is 75.1 Å². The second-order valence-corrected chi connectivity index (χ2v) is 7.32. The highest BCUT2D eigenvalue weighted by Crippen LogP contribution is 2.27. The molecule has 3 aromatic rings. The van der Waals surface area contributed by atoms with Gasteiger partial charge in [-0.05, 0) is 30.7 Å². The molecule has 1 heterocycles. The first-order chi connectivity index (χ1) is 12.5. The number of aryl methyl sites for hydroxylation is 1. The van der Waals surface area contributed by atoms with E-state index in [2.05, 4.69) is 0 Å². The van der Waals surface area contributed by atoms with Gasteiger partial charge in [-0.1, -0.05) is 35.9 Å². The van der Waals surface area contributed by atoms with Crippen LogP contribution in [0.4, 0.5) is 0 Å². The molecule has 0 aliphatic rings. The lowest BCUT2D eigenvalue weighted by molar-refractivity contribution is -0.144. The normalized spacial score (nSPS) is 10.8. The van der Waals surface area contributed by atoms with Gasteiger partial charge in [0.25, 0.3) is 0 Å². The number of carbonyl (C=O) groups excluding carboxylic acids is 1. The van der Waals surface area contributed by atoms with Crippen molar-refractivity contribution in [1.29, 1.82) is 0 Å². The molecular formula is C20H17ClO4S. The molecule has 0 spiro atoms. The molecule has 0 atom stereocenters. The highest BCUT2D eigenvalue weighted by Gasteiger charge is 2.10. The van der Waals surface area contributed by atoms with Gasteiger partial charge in [0, 0.05) is 27.7 Å². The molecule has 3 rings (SSSR count). The molecular weight excluding hydrogens is 372 g/mol. The van der Waals surface area contributed by atoms with Gasteiger partial charge in [-0.3, -0.25) is 4.79 Å². The van der Waals surface area contributed by atoms with E-state index in [9.17, 15) is 9.59 Å². The van der Waals surface area contributed by atoms with E-state index in [0.29, 0.717) is 21.9 Å². The maximum absolute atomic E-state index is 12.0. The van der Waals surface area contributed by atoms with Crippen molar-refractivity contribution in [3.8, 4) is 0 Å². The smallest absolute Gasteiger partial charge is 0.336 e. The van der Waals surface area contributed by atoms with Crippen LogP contribution in [0.2, 0.25) is 5.02 Å². The summed E-state index contributed by atoms with van der Waals surface area (Å²) >= 11 is 7.59. The van der Waals surface area contributed by atoms with Crippen LogP contribution in [0.3, 0.4) is 0 Å². The number of ether oxygens (including phenoxy) is 1. The first-order valence-electron chi connectivity index (χ1n) is 8.09. The highest BCUT2D eigenvalue weighted by atomic mass is 35.5. The SMILES string of the molecule is Cc1ccc2c(COC(=O)CCSc3ccccc3Cl)cc(=O)oc2c1. The summed E-state index contributed by atoms with van der Waals surface area (Å²) in [4.78, 5) is 24.6. The van der Waals surface area contributed by atoms with E-state index in [4.69, 9.17) is 20.8 Å². The monoisotopic (exact) mass is 388 g/mol. The summed E-state index contributed by atoms with van der Waals surface area (Å²) in [5.74, 6) is 0.248. The Bertz CT molecular complexity index is 997. The van der Waals surface area contributed by atoms with Crippen LogP contribution in [0.15, 0.2) is 62.6 Å². The van der Waals surface area contributed by atoms with Crippen molar-refractivity contribution in [2.75, 3.05) is 5.75 Å². The van der Waals surface area contributed by atoms with Crippen LogP contribution in [0, 0.1) is 6.92 Å². The minimum Gasteiger partial charge on any atom is -0.461 e. The topological polar surface area (TPSA) is 56.5 Å². The van der Waals surface area contributed by atoms with Gasteiger partial charge in [0.05, 0.1) is 11.4 Å². The van der Waals surface area contributed by atoms with E-state index >= 15 is 0 Å². The quantitative estimate of drug-likeness (QED) is 0.338. The van der Waals surface area contributed by atoms with E-state index in [-0.39, 0.29) is 19.0 Å². The number of benzene rings is 2. The molecule has 134 valence electrons. The largest absolute Gasteiger partial charge is 0.461 e. The van der Waals surface area contributed by atoms with Crippen molar-refractivity contribution < 1.29 is 13.9 Å². The molecule has 0 N–H and O–H groups in total. The summed E-state index contributed by atoms with van der Waals surface area (Å²) in [7, 11) is 0.